The van der Waals surface area contributed by atoms with Crippen LogP contribution in [0.4, 0.5) is 5.69 Å². The molecule has 1 unspecified atom stereocenters. The SMILES string of the molecule is CC(=O)Nc1ccc(SCC(=O)N2CCCCC2C)cc1. The van der Waals surface area contributed by atoms with Crippen LogP contribution >= 0.6 is 11.8 Å². The van der Waals surface area contributed by atoms with Crippen molar-refractivity contribution in [1.29, 1.82) is 0 Å². The van der Waals surface area contributed by atoms with Crippen LogP contribution in [0.25, 0.3) is 0 Å². The van der Waals surface area contributed by atoms with Crippen LogP contribution in [-0.4, -0.2) is 35.1 Å². The van der Waals surface area contributed by atoms with E-state index in [-0.39, 0.29) is 11.8 Å². The van der Waals surface area contributed by atoms with Crippen LogP contribution < -0.4 is 5.32 Å². The molecule has 0 spiro atoms. The molecule has 1 saturated heterocycles. The van der Waals surface area contributed by atoms with Gasteiger partial charge in [0, 0.05) is 30.1 Å². The van der Waals surface area contributed by atoms with E-state index >= 15 is 0 Å². The summed E-state index contributed by atoms with van der Waals surface area (Å²) in [6, 6.07) is 7.95. The Morgan fingerprint density at radius 1 is 1.29 bits per heavy atom. The van der Waals surface area contributed by atoms with Crippen molar-refractivity contribution in [2.45, 2.75) is 44.0 Å². The maximum Gasteiger partial charge on any atom is 0.233 e. The van der Waals surface area contributed by atoms with Gasteiger partial charge in [-0.25, -0.2) is 0 Å². The molecule has 2 rings (SSSR count). The average molecular weight is 306 g/mol. The van der Waals surface area contributed by atoms with Crippen LogP contribution in [0, 0.1) is 0 Å². The number of likely N-dealkylation sites (tertiary alicyclic amines) is 1. The van der Waals surface area contributed by atoms with Gasteiger partial charge in [0.25, 0.3) is 0 Å². The first-order chi connectivity index (χ1) is 10.1. The zero-order chi connectivity index (χ0) is 15.2. The Kier molecular flexibility index (Phi) is 5.67. The molecule has 114 valence electrons. The van der Waals surface area contributed by atoms with Gasteiger partial charge in [-0.2, -0.15) is 0 Å². The number of amides is 2. The van der Waals surface area contributed by atoms with Crippen LogP contribution in [0.5, 0.6) is 0 Å². The number of benzene rings is 1. The van der Waals surface area contributed by atoms with E-state index in [1.165, 1.54) is 13.3 Å². The molecule has 1 aromatic rings. The van der Waals surface area contributed by atoms with Crippen LogP contribution in [0.1, 0.15) is 33.1 Å². The summed E-state index contributed by atoms with van der Waals surface area (Å²) in [4.78, 5) is 26.2. The van der Waals surface area contributed by atoms with Gasteiger partial charge in [0.05, 0.1) is 5.75 Å². The lowest BCUT2D eigenvalue weighted by molar-refractivity contribution is -0.131. The summed E-state index contributed by atoms with van der Waals surface area (Å²) >= 11 is 1.55. The average Bonchev–Trinajstić information content (AvgIpc) is 2.46. The van der Waals surface area contributed by atoms with Gasteiger partial charge in [-0.15, -0.1) is 11.8 Å². The normalized spacial score (nSPS) is 18.4. The zero-order valence-corrected chi connectivity index (χ0v) is 13.4. The second-order valence-electron chi connectivity index (χ2n) is 5.43. The highest BCUT2D eigenvalue weighted by Gasteiger charge is 2.22. The zero-order valence-electron chi connectivity index (χ0n) is 12.6. The molecule has 0 saturated carbocycles. The molecule has 1 N–H and O–H groups in total. The summed E-state index contributed by atoms with van der Waals surface area (Å²) < 4.78 is 0. The van der Waals surface area contributed by atoms with Crippen molar-refractivity contribution in [3.05, 3.63) is 24.3 Å². The molecule has 0 bridgehead atoms. The Balaban J connectivity index is 1.84. The number of nitrogens with one attached hydrogen (secondary N) is 1. The highest BCUT2D eigenvalue weighted by Crippen LogP contribution is 2.23. The summed E-state index contributed by atoms with van der Waals surface area (Å²) in [5.74, 6) is 0.618. The number of hydrogen-bond donors (Lipinski definition) is 1. The second-order valence-corrected chi connectivity index (χ2v) is 6.47. The molecule has 1 aromatic carbocycles. The third-order valence-electron chi connectivity index (χ3n) is 3.66. The van der Waals surface area contributed by atoms with Gasteiger partial charge in [0.1, 0.15) is 0 Å². The van der Waals surface area contributed by atoms with Gasteiger partial charge in [0.2, 0.25) is 11.8 Å². The van der Waals surface area contributed by atoms with E-state index in [0.29, 0.717) is 11.8 Å². The molecule has 0 radical (unpaired) electrons. The number of piperidine rings is 1. The summed E-state index contributed by atoms with van der Waals surface area (Å²) in [6.45, 7) is 4.51. The maximum absolute atomic E-state index is 12.2. The topological polar surface area (TPSA) is 49.4 Å². The summed E-state index contributed by atoms with van der Waals surface area (Å²) in [5, 5.41) is 2.73. The highest BCUT2D eigenvalue weighted by atomic mass is 32.2. The Hall–Kier alpha value is -1.49. The van der Waals surface area contributed by atoms with E-state index in [1.807, 2.05) is 29.2 Å². The minimum Gasteiger partial charge on any atom is -0.339 e. The Bertz CT molecular complexity index is 502. The van der Waals surface area contributed by atoms with E-state index in [2.05, 4.69) is 12.2 Å². The van der Waals surface area contributed by atoms with Gasteiger partial charge < -0.3 is 10.2 Å². The summed E-state index contributed by atoms with van der Waals surface area (Å²) in [7, 11) is 0. The van der Waals surface area contributed by atoms with Gasteiger partial charge in [-0.1, -0.05) is 0 Å². The molecule has 1 aliphatic heterocycles. The summed E-state index contributed by atoms with van der Waals surface area (Å²) in [6.07, 6.45) is 3.46. The van der Waals surface area contributed by atoms with Crippen LogP contribution in [-0.2, 0) is 9.59 Å². The number of thioether (sulfide) groups is 1. The van der Waals surface area contributed by atoms with E-state index < -0.39 is 0 Å². The van der Waals surface area contributed by atoms with Crippen molar-refractivity contribution in [3.63, 3.8) is 0 Å². The maximum atomic E-state index is 12.2. The molecule has 5 heteroatoms. The van der Waals surface area contributed by atoms with Gasteiger partial charge in [-0.3, -0.25) is 9.59 Å². The molecule has 1 aliphatic rings. The first kappa shape index (κ1) is 15.9. The lowest BCUT2D eigenvalue weighted by Gasteiger charge is -2.33. The van der Waals surface area contributed by atoms with Gasteiger partial charge in [0.15, 0.2) is 0 Å². The first-order valence-electron chi connectivity index (χ1n) is 7.36. The number of nitrogens with zero attached hydrogens (tertiary/aromatic N) is 1. The lowest BCUT2D eigenvalue weighted by atomic mass is 10.0. The third kappa shape index (κ3) is 4.77. The van der Waals surface area contributed by atoms with Crippen molar-refractivity contribution < 1.29 is 9.59 Å². The Morgan fingerprint density at radius 2 is 2.00 bits per heavy atom. The fraction of sp³-hybridized carbons (Fsp3) is 0.500. The van der Waals surface area contributed by atoms with Crippen molar-refractivity contribution in [2.75, 3.05) is 17.6 Å². The van der Waals surface area contributed by atoms with Crippen LogP contribution in [0.15, 0.2) is 29.2 Å². The number of anilines is 1. The van der Waals surface area contributed by atoms with E-state index in [0.717, 1.165) is 30.0 Å². The van der Waals surface area contributed by atoms with Crippen LogP contribution in [0.2, 0.25) is 0 Å². The number of hydrogen-bond acceptors (Lipinski definition) is 3. The standard InChI is InChI=1S/C16H22N2O2S/c1-12-5-3-4-10-18(12)16(20)11-21-15-8-6-14(7-9-15)17-13(2)19/h6-9,12H,3-5,10-11H2,1-2H3,(H,17,19). The van der Waals surface area contributed by atoms with Crippen molar-refractivity contribution in [2.24, 2.45) is 0 Å². The van der Waals surface area contributed by atoms with E-state index in [9.17, 15) is 9.59 Å². The van der Waals surface area contributed by atoms with Crippen molar-refractivity contribution in [3.8, 4) is 0 Å². The predicted molar refractivity (Wildman–Crippen MR) is 86.5 cm³/mol. The van der Waals surface area contributed by atoms with E-state index in [1.54, 1.807) is 11.8 Å². The Morgan fingerprint density at radius 3 is 2.62 bits per heavy atom. The van der Waals surface area contributed by atoms with E-state index in [4.69, 9.17) is 0 Å². The van der Waals surface area contributed by atoms with Crippen LogP contribution in [0.3, 0.4) is 0 Å². The fourth-order valence-electron chi connectivity index (χ4n) is 2.53. The molecule has 1 fully saturated rings. The molecular weight excluding hydrogens is 284 g/mol. The molecule has 1 atom stereocenters. The van der Waals surface area contributed by atoms with Crippen molar-refractivity contribution in [1.82, 2.24) is 4.90 Å². The third-order valence-corrected chi connectivity index (χ3v) is 4.66. The fourth-order valence-corrected chi connectivity index (χ4v) is 3.32. The molecule has 1 heterocycles. The summed E-state index contributed by atoms with van der Waals surface area (Å²) in [5.41, 5.74) is 0.780. The largest absolute Gasteiger partial charge is 0.339 e. The number of carbonyl (C=O) groups excluding carboxylic acids is 2. The van der Waals surface area contributed by atoms with Gasteiger partial charge in [-0.05, 0) is 50.5 Å². The first-order valence-corrected chi connectivity index (χ1v) is 8.35. The highest BCUT2D eigenvalue weighted by molar-refractivity contribution is 8.00. The Labute approximate surface area is 130 Å². The quantitative estimate of drug-likeness (QED) is 0.869. The minimum absolute atomic E-state index is 0.0790. The molecular formula is C16H22N2O2S. The lowest BCUT2D eigenvalue weighted by Crippen LogP contribution is -2.42. The molecule has 0 aliphatic carbocycles. The molecule has 2 amide bonds. The molecule has 0 aromatic heterocycles. The second kappa shape index (κ2) is 7.50. The number of rotatable bonds is 4. The van der Waals surface area contributed by atoms with Crippen molar-refractivity contribution >= 4 is 29.3 Å². The predicted octanol–water partition coefficient (Wildman–Crippen LogP) is 3.14. The monoisotopic (exact) mass is 306 g/mol. The minimum atomic E-state index is -0.0790. The molecule has 21 heavy (non-hydrogen) atoms. The smallest absolute Gasteiger partial charge is 0.233 e. The number of carbonyl (C=O) groups is 2. The van der Waals surface area contributed by atoms with Gasteiger partial charge >= 0.3 is 0 Å². The molecule has 4 nitrogen and oxygen atoms in total.